The number of hydrogen-bond acceptors (Lipinski definition) is 5. The van der Waals surface area contributed by atoms with Crippen LogP contribution in [0.4, 0.5) is 0 Å². The molecule has 3 rings (SSSR count). The number of carbonyl (C=O) groups excluding carboxylic acids is 1. The summed E-state index contributed by atoms with van der Waals surface area (Å²) in [7, 11) is 0. The van der Waals surface area contributed by atoms with Crippen molar-refractivity contribution in [1.29, 1.82) is 0 Å². The van der Waals surface area contributed by atoms with Gasteiger partial charge in [-0.1, -0.05) is 18.0 Å². The van der Waals surface area contributed by atoms with E-state index in [0.29, 0.717) is 24.7 Å². The number of rotatable bonds is 6. The molecule has 0 spiro atoms. The number of amides is 1. The highest BCUT2D eigenvalue weighted by atomic mass is 16.5. The van der Waals surface area contributed by atoms with E-state index in [4.69, 9.17) is 9.26 Å². The zero-order valence-corrected chi connectivity index (χ0v) is 14.0. The first-order valence-electron chi connectivity index (χ1n) is 8.91. The van der Waals surface area contributed by atoms with E-state index in [1.807, 2.05) is 4.90 Å². The highest BCUT2D eigenvalue weighted by molar-refractivity contribution is 5.73. The maximum atomic E-state index is 11.7. The van der Waals surface area contributed by atoms with Crippen LogP contribution in [-0.2, 0) is 16.0 Å². The van der Waals surface area contributed by atoms with Crippen LogP contribution >= 0.6 is 0 Å². The third-order valence-electron chi connectivity index (χ3n) is 4.97. The van der Waals surface area contributed by atoms with E-state index < -0.39 is 0 Å². The van der Waals surface area contributed by atoms with Crippen LogP contribution in [0, 0.1) is 5.92 Å². The van der Waals surface area contributed by atoms with E-state index in [2.05, 4.69) is 10.1 Å². The van der Waals surface area contributed by atoms with Gasteiger partial charge in [0.25, 0.3) is 0 Å². The van der Waals surface area contributed by atoms with Gasteiger partial charge < -0.3 is 14.2 Å². The summed E-state index contributed by atoms with van der Waals surface area (Å²) < 4.78 is 11.2. The maximum absolute atomic E-state index is 11.7. The predicted octanol–water partition coefficient (Wildman–Crippen LogP) is 2.89. The summed E-state index contributed by atoms with van der Waals surface area (Å²) in [4.78, 5) is 18.1. The molecule has 0 N–H and O–H groups in total. The molecule has 0 aromatic carbocycles. The van der Waals surface area contributed by atoms with Crippen molar-refractivity contribution in [2.24, 2.45) is 5.92 Å². The van der Waals surface area contributed by atoms with Crippen molar-refractivity contribution in [2.45, 2.75) is 64.3 Å². The first kappa shape index (κ1) is 16.4. The lowest BCUT2D eigenvalue weighted by atomic mass is 10.0. The molecule has 6 heteroatoms. The minimum absolute atomic E-state index is 0.0538. The summed E-state index contributed by atoms with van der Waals surface area (Å²) in [5.41, 5.74) is 0. The molecule has 2 fully saturated rings. The summed E-state index contributed by atoms with van der Waals surface area (Å²) in [6.07, 6.45) is 9.00. The van der Waals surface area contributed by atoms with Gasteiger partial charge in [-0.05, 0) is 38.0 Å². The lowest BCUT2D eigenvalue weighted by molar-refractivity contribution is -0.133. The molecule has 1 aromatic heterocycles. The molecule has 2 heterocycles. The van der Waals surface area contributed by atoms with Gasteiger partial charge in [-0.3, -0.25) is 4.79 Å². The van der Waals surface area contributed by atoms with Crippen LogP contribution in [0.5, 0.6) is 0 Å². The number of hydrogen-bond donors (Lipinski definition) is 0. The fourth-order valence-electron chi connectivity index (χ4n) is 3.66. The third-order valence-corrected chi connectivity index (χ3v) is 4.97. The van der Waals surface area contributed by atoms with Crippen molar-refractivity contribution in [3.8, 4) is 0 Å². The van der Waals surface area contributed by atoms with Crippen molar-refractivity contribution in [1.82, 2.24) is 15.0 Å². The predicted molar refractivity (Wildman–Crippen MR) is 84.8 cm³/mol. The summed E-state index contributed by atoms with van der Waals surface area (Å²) in [6.45, 7) is 3.87. The van der Waals surface area contributed by atoms with Gasteiger partial charge in [-0.15, -0.1) is 0 Å². The van der Waals surface area contributed by atoms with Crippen LogP contribution in [0.2, 0.25) is 0 Å². The fourth-order valence-corrected chi connectivity index (χ4v) is 3.66. The monoisotopic (exact) mass is 321 g/mol. The lowest BCUT2D eigenvalue weighted by Gasteiger charge is -2.32. The van der Waals surface area contributed by atoms with Gasteiger partial charge in [0.1, 0.15) is 6.04 Å². The van der Waals surface area contributed by atoms with E-state index >= 15 is 0 Å². The molecular weight excluding hydrogens is 294 g/mol. The van der Waals surface area contributed by atoms with Gasteiger partial charge >= 0.3 is 0 Å². The Morgan fingerprint density at radius 3 is 2.83 bits per heavy atom. The minimum Gasteiger partial charge on any atom is -0.381 e. The van der Waals surface area contributed by atoms with Crippen LogP contribution in [0.1, 0.15) is 69.6 Å². The Labute approximate surface area is 137 Å². The number of piperidine rings is 1. The number of nitrogens with zero attached hydrogens (tertiary/aromatic N) is 3. The highest BCUT2D eigenvalue weighted by Crippen LogP contribution is 2.30. The maximum Gasteiger partial charge on any atom is 0.249 e. The van der Waals surface area contributed by atoms with Gasteiger partial charge in [-0.25, -0.2) is 0 Å². The Hall–Kier alpha value is -1.43. The average Bonchev–Trinajstić information content (AvgIpc) is 3.23. The summed E-state index contributed by atoms with van der Waals surface area (Å²) in [5, 5.41) is 4.05. The molecule has 2 aliphatic rings. The normalized spacial score (nSPS) is 22.7. The standard InChI is InChI=1S/C17H27N3O3/c1-13(21)20-10-5-4-8-15(20)17-18-16(19-23-17)9-11-22-12-14-6-2-3-7-14/h14-15H,2-12H2,1H3. The Morgan fingerprint density at radius 1 is 1.26 bits per heavy atom. The molecule has 0 radical (unpaired) electrons. The second-order valence-electron chi connectivity index (χ2n) is 6.75. The second kappa shape index (κ2) is 7.90. The van der Waals surface area contributed by atoms with Crippen molar-refractivity contribution in [3.05, 3.63) is 11.7 Å². The molecule has 1 aliphatic heterocycles. The molecule has 1 amide bonds. The van der Waals surface area contributed by atoms with E-state index in [-0.39, 0.29) is 11.9 Å². The Morgan fingerprint density at radius 2 is 2.04 bits per heavy atom. The molecule has 23 heavy (non-hydrogen) atoms. The Bertz CT molecular complexity index is 511. The molecule has 0 bridgehead atoms. The summed E-state index contributed by atoms with van der Waals surface area (Å²) in [6, 6.07) is -0.0538. The van der Waals surface area contributed by atoms with Crippen molar-refractivity contribution < 1.29 is 14.1 Å². The van der Waals surface area contributed by atoms with Crippen LogP contribution in [-0.4, -0.2) is 40.7 Å². The van der Waals surface area contributed by atoms with Crippen molar-refractivity contribution >= 4 is 5.91 Å². The Kier molecular flexibility index (Phi) is 5.65. The minimum atomic E-state index is -0.0538. The number of ether oxygens (including phenoxy) is 1. The quantitative estimate of drug-likeness (QED) is 0.754. The average molecular weight is 321 g/mol. The summed E-state index contributed by atoms with van der Waals surface area (Å²) in [5.74, 6) is 2.07. The van der Waals surface area contributed by atoms with Crippen molar-refractivity contribution in [3.63, 3.8) is 0 Å². The lowest BCUT2D eigenvalue weighted by Crippen LogP contribution is -2.37. The van der Waals surface area contributed by atoms with E-state index in [1.165, 1.54) is 25.7 Å². The second-order valence-corrected chi connectivity index (χ2v) is 6.75. The Balaban J connectivity index is 1.47. The largest absolute Gasteiger partial charge is 0.381 e. The summed E-state index contributed by atoms with van der Waals surface area (Å²) >= 11 is 0. The highest BCUT2D eigenvalue weighted by Gasteiger charge is 2.30. The molecule has 1 aliphatic carbocycles. The van der Waals surface area contributed by atoms with Gasteiger partial charge in [0.05, 0.1) is 6.61 Å². The molecule has 1 unspecified atom stereocenters. The van der Waals surface area contributed by atoms with Crippen LogP contribution in [0.15, 0.2) is 4.52 Å². The molecule has 1 saturated heterocycles. The van der Waals surface area contributed by atoms with E-state index in [0.717, 1.165) is 38.3 Å². The number of aromatic nitrogens is 2. The SMILES string of the molecule is CC(=O)N1CCCCC1c1nc(CCOCC2CCCC2)no1. The topological polar surface area (TPSA) is 68.5 Å². The first-order chi connectivity index (χ1) is 11.2. The van der Waals surface area contributed by atoms with Crippen molar-refractivity contribution in [2.75, 3.05) is 19.8 Å². The van der Waals surface area contributed by atoms with Gasteiger partial charge in [-0.2, -0.15) is 4.98 Å². The molecular formula is C17H27N3O3. The van der Waals surface area contributed by atoms with Gasteiger partial charge in [0, 0.05) is 26.5 Å². The molecule has 1 saturated carbocycles. The first-order valence-corrected chi connectivity index (χ1v) is 8.91. The fraction of sp³-hybridized carbons (Fsp3) is 0.824. The zero-order valence-electron chi connectivity index (χ0n) is 14.0. The zero-order chi connectivity index (χ0) is 16.1. The van der Waals surface area contributed by atoms with Gasteiger partial charge in [0.15, 0.2) is 5.82 Å². The smallest absolute Gasteiger partial charge is 0.249 e. The number of carbonyl (C=O) groups is 1. The van der Waals surface area contributed by atoms with Crippen LogP contribution < -0.4 is 0 Å². The van der Waals surface area contributed by atoms with E-state index in [1.54, 1.807) is 6.92 Å². The molecule has 1 atom stereocenters. The molecule has 6 nitrogen and oxygen atoms in total. The third kappa shape index (κ3) is 4.31. The van der Waals surface area contributed by atoms with Crippen LogP contribution in [0.3, 0.4) is 0 Å². The number of likely N-dealkylation sites (tertiary alicyclic amines) is 1. The molecule has 1 aromatic rings. The molecule has 128 valence electrons. The van der Waals surface area contributed by atoms with Crippen LogP contribution in [0.25, 0.3) is 0 Å². The van der Waals surface area contributed by atoms with E-state index in [9.17, 15) is 4.79 Å². The van der Waals surface area contributed by atoms with Gasteiger partial charge in [0.2, 0.25) is 11.8 Å².